The van der Waals surface area contributed by atoms with E-state index >= 15 is 0 Å². The first-order chi connectivity index (χ1) is 10.8. The average molecular weight is 295 g/mol. The molecule has 0 bridgehead atoms. The Balaban J connectivity index is 2.01. The molecule has 0 aliphatic rings. The molecule has 0 aliphatic heterocycles. The van der Waals surface area contributed by atoms with Crippen molar-refractivity contribution in [2.75, 3.05) is 6.61 Å². The number of rotatable bonds is 6. The molecule has 1 N–H and O–H groups in total. The molecular weight excluding hydrogens is 274 g/mol. The molecule has 0 aromatic heterocycles. The van der Waals surface area contributed by atoms with Crippen molar-refractivity contribution in [2.45, 2.75) is 20.4 Å². The van der Waals surface area contributed by atoms with Crippen molar-refractivity contribution in [3.63, 3.8) is 0 Å². The predicted octanol–water partition coefficient (Wildman–Crippen LogP) is 3.95. The maximum Gasteiger partial charge on any atom is 0.337 e. The van der Waals surface area contributed by atoms with Gasteiger partial charge in [-0.15, -0.1) is 0 Å². The van der Waals surface area contributed by atoms with Gasteiger partial charge >= 0.3 is 5.97 Å². The quantitative estimate of drug-likeness (QED) is 0.498. The van der Waals surface area contributed by atoms with Gasteiger partial charge in [-0.1, -0.05) is 48.5 Å². The molecule has 0 unspecified atom stereocenters. The van der Waals surface area contributed by atoms with E-state index in [-0.39, 0.29) is 5.97 Å². The van der Waals surface area contributed by atoms with Gasteiger partial charge in [0.1, 0.15) is 0 Å². The lowest BCUT2D eigenvalue weighted by Gasteiger charge is -2.07. The third-order valence-corrected chi connectivity index (χ3v) is 3.38. The summed E-state index contributed by atoms with van der Waals surface area (Å²) in [6, 6.07) is 14.6. The summed E-state index contributed by atoms with van der Waals surface area (Å²) in [4.78, 5) is 11.6. The van der Waals surface area contributed by atoms with E-state index in [1.165, 1.54) is 16.3 Å². The van der Waals surface area contributed by atoms with Gasteiger partial charge in [-0.2, -0.15) is 0 Å². The second kappa shape index (κ2) is 8.03. The zero-order valence-corrected chi connectivity index (χ0v) is 13.0. The number of benzene rings is 2. The average Bonchev–Trinajstić information content (AvgIpc) is 2.55. The van der Waals surface area contributed by atoms with Crippen molar-refractivity contribution in [2.24, 2.45) is 0 Å². The van der Waals surface area contributed by atoms with Crippen molar-refractivity contribution < 1.29 is 9.53 Å². The molecule has 0 radical (unpaired) electrons. The van der Waals surface area contributed by atoms with Crippen molar-refractivity contribution in [3.05, 3.63) is 72.0 Å². The first-order valence-electron chi connectivity index (χ1n) is 7.46. The highest BCUT2D eigenvalue weighted by Gasteiger charge is 2.04. The summed E-state index contributed by atoms with van der Waals surface area (Å²) in [6.07, 6.45) is 5.27. The molecule has 0 fully saturated rings. The Morgan fingerprint density at radius 3 is 2.73 bits per heavy atom. The molecule has 114 valence electrons. The molecule has 0 amide bonds. The maximum atomic E-state index is 11.6. The molecular formula is C19H21NO2. The van der Waals surface area contributed by atoms with Gasteiger partial charge in [0.15, 0.2) is 0 Å². The first kappa shape index (κ1) is 15.8. The standard InChI is InChI=1S/C19H21NO2/c1-3-15(19(21)22-4-2)12-13-20-14-17-10-7-9-16-8-5-6-11-18(16)17/h3,5-13,20H,4,14H2,1-2H3/b13-12-,15-3+. The summed E-state index contributed by atoms with van der Waals surface area (Å²) in [5, 5.41) is 5.69. The van der Waals surface area contributed by atoms with Gasteiger partial charge in [0.2, 0.25) is 0 Å². The normalized spacial score (nSPS) is 11.8. The third kappa shape index (κ3) is 3.98. The van der Waals surface area contributed by atoms with Gasteiger partial charge in [-0.3, -0.25) is 0 Å². The maximum absolute atomic E-state index is 11.6. The Morgan fingerprint density at radius 1 is 1.18 bits per heavy atom. The molecule has 2 aromatic rings. The van der Waals surface area contributed by atoms with Crippen LogP contribution < -0.4 is 5.32 Å². The number of allylic oxidation sites excluding steroid dienone is 1. The Bertz CT molecular complexity index is 696. The molecule has 0 atom stereocenters. The highest BCUT2D eigenvalue weighted by atomic mass is 16.5. The number of fused-ring (bicyclic) bond motifs is 1. The minimum atomic E-state index is -0.298. The Hall–Kier alpha value is -2.55. The van der Waals surface area contributed by atoms with Gasteiger partial charge in [-0.25, -0.2) is 4.79 Å². The van der Waals surface area contributed by atoms with Gasteiger partial charge in [0.25, 0.3) is 0 Å². The molecule has 0 aliphatic carbocycles. The largest absolute Gasteiger partial charge is 0.462 e. The fraction of sp³-hybridized carbons (Fsp3) is 0.211. The number of hydrogen-bond donors (Lipinski definition) is 1. The van der Waals surface area contributed by atoms with Crippen LogP contribution in [0.3, 0.4) is 0 Å². The van der Waals surface area contributed by atoms with Gasteiger partial charge in [0.05, 0.1) is 12.2 Å². The van der Waals surface area contributed by atoms with E-state index in [2.05, 4.69) is 35.6 Å². The van der Waals surface area contributed by atoms with Crippen LogP contribution in [0.25, 0.3) is 10.8 Å². The lowest BCUT2D eigenvalue weighted by Crippen LogP contribution is -2.08. The number of hydrogen-bond acceptors (Lipinski definition) is 3. The monoisotopic (exact) mass is 295 g/mol. The van der Waals surface area contributed by atoms with Crippen LogP contribution in [0.4, 0.5) is 0 Å². The molecule has 2 aromatic carbocycles. The Morgan fingerprint density at radius 2 is 1.95 bits per heavy atom. The van der Waals surface area contributed by atoms with E-state index in [0.29, 0.717) is 18.7 Å². The van der Waals surface area contributed by atoms with E-state index in [0.717, 1.165) is 0 Å². The zero-order valence-electron chi connectivity index (χ0n) is 13.0. The number of carbonyl (C=O) groups excluding carboxylic acids is 1. The molecule has 2 rings (SSSR count). The third-order valence-electron chi connectivity index (χ3n) is 3.38. The number of carbonyl (C=O) groups is 1. The van der Waals surface area contributed by atoms with Gasteiger partial charge < -0.3 is 10.1 Å². The smallest absolute Gasteiger partial charge is 0.337 e. The minimum Gasteiger partial charge on any atom is -0.462 e. The van der Waals surface area contributed by atoms with Crippen LogP contribution >= 0.6 is 0 Å². The van der Waals surface area contributed by atoms with E-state index in [1.54, 1.807) is 25.3 Å². The summed E-state index contributed by atoms with van der Waals surface area (Å²) in [5.41, 5.74) is 1.77. The zero-order chi connectivity index (χ0) is 15.8. The lowest BCUT2D eigenvalue weighted by atomic mass is 10.0. The van der Waals surface area contributed by atoms with Crippen LogP contribution in [0.2, 0.25) is 0 Å². The van der Waals surface area contributed by atoms with Crippen molar-refractivity contribution in [3.8, 4) is 0 Å². The molecule has 0 saturated heterocycles. The van der Waals surface area contributed by atoms with Gasteiger partial charge in [-0.05, 0) is 42.5 Å². The molecule has 22 heavy (non-hydrogen) atoms. The molecule has 3 nitrogen and oxygen atoms in total. The van der Waals surface area contributed by atoms with Crippen LogP contribution in [0.15, 0.2) is 66.4 Å². The summed E-state index contributed by atoms with van der Waals surface area (Å²) >= 11 is 0. The summed E-state index contributed by atoms with van der Waals surface area (Å²) < 4.78 is 4.98. The van der Waals surface area contributed by atoms with Crippen molar-refractivity contribution in [1.82, 2.24) is 5.32 Å². The fourth-order valence-electron chi connectivity index (χ4n) is 2.26. The van der Waals surface area contributed by atoms with Crippen LogP contribution in [-0.2, 0) is 16.1 Å². The highest BCUT2D eigenvalue weighted by molar-refractivity contribution is 5.91. The minimum absolute atomic E-state index is 0.298. The topological polar surface area (TPSA) is 38.3 Å². The van der Waals surface area contributed by atoms with Crippen molar-refractivity contribution >= 4 is 16.7 Å². The fourth-order valence-corrected chi connectivity index (χ4v) is 2.26. The summed E-state index contributed by atoms with van der Waals surface area (Å²) in [6.45, 7) is 4.71. The Kier molecular flexibility index (Phi) is 5.78. The molecule has 0 saturated carbocycles. The highest BCUT2D eigenvalue weighted by Crippen LogP contribution is 2.18. The second-order valence-electron chi connectivity index (χ2n) is 4.82. The first-order valence-corrected chi connectivity index (χ1v) is 7.46. The van der Waals surface area contributed by atoms with Crippen LogP contribution in [-0.4, -0.2) is 12.6 Å². The number of ether oxygens (including phenoxy) is 1. The van der Waals surface area contributed by atoms with Crippen LogP contribution in [0, 0.1) is 0 Å². The van der Waals surface area contributed by atoms with Crippen LogP contribution in [0.1, 0.15) is 19.4 Å². The predicted molar refractivity (Wildman–Crippen MR) is 90.3 cm³/mol. The van der Waals surface area contributed by atoms with Crippen LogP contribution in [0.5, 0.6) is 0 Å². The van der Waals surface area contributed by atoms with E-state index in [1.807, 2.05) is 19.1 Å². The Labute approximate surface area is 131 Å². The lowest BCUT2D eigenvalue weighted by molar-refractivity contribution is -0.138. The second-order valence-corrected chi connectivity index (χ2v) is 4.82. The van der Waals surface area contributed by atoms with Gasteiger partial charge in [0, 0.05) is 6.54 Å². The van der Waals surface area contributed by atoms with Crippen molar-refractivity contribution in [1.29, 1.82) is 0 Å². The summed E-state index contributed by atoms with van der Waals surface area (Å²) in [7, 11) is 0. The summed E-state index contributed by atoms with van der Waals surface area (Å²) in [5.74, 6) is -0.298. The molecule has 0 spiro atoms. The number of nitrogens with one attached hydrogen (secondary N) is 1. The number of esters is 1. The van der Waals surface area contributed by atoms with E-state index in [9.17, 15) is 4.79 Å². The molecule has 3 heteroatoms. The van der Waals surface area contributed by atoms with E-state index in [4.69, 9.17) is 4.74 Å². The molecule has 0 heterocycles. The van der Waals surface area contributed by atoms with E-state index < -0.39 is 0 Å². The SMILES string of the molecule is C/C=C(\C=C/NCc1cccc2ccccc12)C(=O)OCC.